The predicted molar refractivity (Wildman–Crippen MR) is 104 cm³/mol. The summed E-state index contributed by atoms with van der Waals surface area (Å²) in [6, 6.07) is 12.8. The van der Waals surface area contributed by atoms with Gasteiger partial charge in [-0.05, 0) is 49.9 Å². The van der Waals surface area contributed by atoms with Gasteiger partial charge in [-0.2, -0.15) is 0 Å². The molecule has 5 heteroatoms. The molecular weight excluding hydrogens is 358 g/mol. The maximum absolute atomic E-state index is 14.5. The molecule has 4 aliphatic rings. The first-order valence-electron chi connectivity index (χ1n) is 10.3. The first-order valence-corrected chi connectivity index (χ1v) is 10.3. The van der Waals surface area contributed by atoms with Gasteiger partial charge >= 0.3 is 0 Å². The monoisotopic (exact) mass is 384 g/mol. The summed E-state index contributed by atoms with van der Waals surface area (Å²) >= 11 is 0. The highest BCUT2D eigenvalue weighted by atomic mass is 19.1. The molecule has 3 nitrogen and oxygen atoms in total. The van der Waals surface area contributed by atoms with Gasteiger partial charge in [0.05, 0.1) is 0 Å². The molecule has 148 valence electrons. The van der Waals surface area contributed by atoms with Crippen molar-refractivity contribution >= 4 is 0 Å². The summed E-state index contributed by atoms with van der Waals surface area (Å²) in [5.41, 5.74) is 1.63. The van der Waals surface area contributed by atoms with E-state index < -0.39 is 11.6 Å². The second kappa shape index (κ2) is 7.45. The van der Waals surface area contributed by atoms with Gasteiger partial charge in [-0.15, -0.1) is 0 Å². The van der Waals surface area contributed by atoms with Crippen LogP contribution in [-0.4, -0.2) is 36.6 Å². The fourth-order valence-electron chi connectivity index (χ4n) is 4.89. The van der Waals surface area contributed by atoms with E-state index in [4.69, 9.17) is 4.74 Å². The minimum absolute atomic E-state index is 0.117. The largest absolute Gasteiger partial charge is 0.486 e. The number of halogens is 2. The normalized spacial score (nSPS) is 31.0. The first kappa shape index (κ1) is 18.1. The summed E-state index contributed by atoms with van der Waals surface area (Å²) in [6.45, 7) is 3.80. The zero-order valence-corrected chi connectivity index (χ0v) is 15.9. The van der Waals surface area contributed by atoms with E-state index in [2.05, 4.69) is 10.2 Å². The van der Waals surface area contributed by atoms with Gasteiger partial charge in [0.15, 0.2) is 11.6 Å². The molecule has 3 saturated heterocycles. The molecule has 1 aliphatic carbocycles. The number of rotatable bonds is 6. The Labute approximate surface area is 164 Å². The van der Waals surface area contributed by atoms with Crippen molar-refractivity contribution in [2.24, 2.45) is 5.92 Å². The lowest BCUT2D eigenvalue weighted by atomic mass is 9.84. The van der Waals surface area contributed by atoms with Gasteiger partial charge in [-0.25, -0.2) is 8.78 Å². The molecule has 3 heterocycles. The van der Waals surface area contributed by atoms with Gasteiger partial charge in [0.1, 0.15) is 12.4 Å². The van der Waals surface area contributed by atoms with Crippen molar-refractivity contribution in [1.29, 1.82) is 0 Å². The Balaban J connectivity index is 1.29. The molecule has 3 unspecified atom stereocenters. The van der Waals surface area contributed by atoms with Crippen molar-refractivity contribution in [1.82, 2.24) is 10.2 Å². The molecule has 4 fully saturated rings. The first-order chi connectivity index (χ1) is 13.7. The van der Waals surface area contributed by atoms with E-state index in [0.717, 1.165) is 30.5 Å². The second-order valence-corrected chi connectivity index (χ2v) is 8.44. The fraction of sp³-hybridized carbons (Fsp3) is 0.478. The highest BCUT2D eigenvalue weighted by Crippen LogP contribution is 2.47. The van der Waals surface area contributed by atoms with E-state index in [1.165, 1.54) is 32.0 Å². The van der Waals surface area contributed by atoms with Crippen LogP contribution in [0.15, 0.2) is 42.5 Å². The number of hydrogen-bond acceptors (Lipinski definition) is 3. The predicted octanol–water partition coefficient (Wildman–Crippen LogP) is 4.08. The van der Waals surface area contributed by atoms with Gasteiger partial charge in [-0.3, -0.25) is 0 Å². The van der Waals surface area contributed by atoms with Crippen LogP contribution in [0.2, 0.25) is 0 Å². The molecule has 28 heavy (non-hydrogen) atoms. The molecule has 1 saturated carbocycles. The van der Waals surface area contributed by atoms with Crippen molar-refractivity contribution < 1.29 is 13.5 Å². The lowest BCUT2D eigenvalue weighted by Gasteiger charge is -2.45. The van der Waals surface area contributed by atoms with Crippen LogP contribution in [0.3, 0.4) is 0 Å². The Morgan fingerprint density at radius 2 is 1.82 bits per heavy atom. The van der Waals surface area contributed by atoms with E-state index in [1.54, 1.807) is 0 Å². The van der Waals surface area contributed by atoms with Gasteiger partial charge < -0.3 is 15.0 Å². The molecule has 2 aromatic carbocycles. The third-order valence-electron chi connectivity index (χ3n) is 6.54. The number of nitrogens with zero attached hydrogens (tertiary/aromatic N) is 1. The van der Waals surface area contributed by atoms with Crippen LogP contribution < -0.4 is 10.1 Å². The molecule has 3 atom stereocenters. The van der Waals surface area contributed by atoms with Crippen LogP contribution in [0.4, 0.5) is 8.78 Å². The van der Waals surface area contributed by atoms with Crippen LogP contribution in [0.1, 0.15) is 36.3 Å². The third-order valence-corrected chi connectivity index (χ3v) is 6.54. The molecule has 2 bridgehead atoms. The molecule has 3 aliphatic heterocycles. The van der Waals surface area contributed by atoms with Crippen molar-refractivity contribution in [3.05, 3.63) is 65.2 Å². The molecule has 6 rings (SSSR count). The Kier molecular flexibility index (Phi) is 4.81. The fourth-order valence-corrected chi connectivity index (χ4v) is 4.89. The minimum atomic E-state index is -0.612. The highest BCUT2D eigenvalue weighted by molar-refractivity contribution is 5.42. The maximum Gasteiger partial charge on any atom is 0.168 e. The Hall–Kier alpha value is -1.98. The van der Waals surface area contributed by atoms with Crippen molar-refractivity contribution in [3.8, 4) is 5.75 Å². The topological polar surface area (TPSA) is 24.5 Å². The summed E-state index contributed by atoms with van der Waals surface area (Å²) in [5.74, 6) is -0.0864. The molecule has 0 aromatic heterocycles. The van der Waals surface area contributed by atoms with E-state index in [-0.39, 0.29) is 24.3 Å². The maximum atomic E-state index is 14.5. The average Bonchev–Trinajstić information content (AvgIpc) is 3.47. The Morgan fingerprint density at radius 3 is 2.54 bits per heavy atom. The summed E-state index contributed by atoms with van der Waals surface area (Å²) < 4.78 is 34.3. The third kappa shape index (κ3) is 3.65. The van der Waals surface area contributed by atoms with Crippen LogP contribution in [0, 0.1) is 17.6 Å². The molecule has 0 radical (unpaired) electrons. The lowest BCUT2D eigenvalue weighted by molar-refractivity contribution is 0.0716. The van der Waals surface area contributed by atoms with E-state index in [1.807, 2.05) is 30.3 Å². The van der Waals surface area contributed by atoms with Crippen LogP contribution in [-0.2, 0) is 6.61 Å². The van der Waals surface area contributed by atoms with E-state index >= 15 is 0 Å². The number of hydrogen-bond donors (Lipinski definition) is 1. The SMILES string of the molecule is Fc1cc(F)c(OCc2ccccc2)c(C2CC2NC2CN3CCC2CC3)c1. The second-order valence-electron chi connectivity index (χ2n) is 8.44. The Bertz CT molecular complexity index is 836. The number of benzene rings is 2. The quantitative estimate of drug-likeness (QED) is 0.812. The minimum Gasteiger partial charge on any atom is -0.486 e. The standard InChI is InChI=1S/C23H26F2N2O/c24-17-10-19(23(20(25)11-17)28-14-15-4-2-1-3-5-15)18-12-21(18)26-22-13-27-8-6-16(22)7-9-27/h1-5,10-11,16,18,21-22,26H,6-9,12-14H2. The summed E-state index contributed by atoms with van der Waals surface area (Å²) in [4.78, 5) is 2.52. The van der Waals surface area contributed by atoms with Crippen molar-refractivity contribution in [2.75, 3.05) is 19.6 Å². The van der Waals surface area contributed by atoms with Crippen LogP contribution in [0.25, 0.3) is 0 Å². The van der Waals surface area contributed by atoms with Gasteiger partial charge in [0, 0.05) is 36.2 Å². The lowest BCUT2D eigenvalue weighted by Crippen LogP contribution is -2.56. The zero-order chi connectivity index (χ0) is 19.1. The van der Waals surface area contributed by atoms with Crippen molar-refractivity contribution in [3.63, 3.8) is 0 Å². The number of ether oxygens (including phenoxy) is 1. The summed E-state index contributed by atoms with van der Waals surface area (Å²) in [6.07, 6.45) is 3.43. The molecule has 2 aromatic rings. The average molecular weight is 384 g/mol. The molecular formula is C23H26F2N2O. The number of fused-ring (bicyclic) bond motifs is 3. The number of piperidine rings is 3. The van der Waals surface area contributed by atoms with Gasteiger partial charge in [0.25, 0.3) is 0 Å². The molecule has 1 N–H and O–H groups in total. The zero-order valence-electron chi connectivity index (χ0n) is 15.9. The smallest absolute Gasteiger partial charge is 0.168 e. The van der Waals surface area contributed by atoms with Gasteiger partial charge in [0.2, 0.25) is 0 Å². The highest BCUT2D eigenvalue weighted by Gasteiger charge is 2.44. The molecule has 0 amide bonds. The number of nitrogens with one attached hydrogen (secondary N) is 1. The van der Waals surface area contributed by atoms with Crippen LogP contribution in [0.5, 0.6) is 5.75 Å². The summed E-state index contributed by atoms with van der Waals surface area (Å²) in [5, 5.41) is 3.77. The van der Waals surface area contributed by atoms with Crippen molar-refractivity contribution in [2.45, 2.75) is 43.9 Å². The van der Waals surface area contributed by atoms with Gasteiger partial charge in [-0.1, -0.05) is 30.3 Å². The molecule has 0 spiro atoms. The van der Waals surface area contributed by atoms with E-state index in [0.29, 0.717) is 11.6 Å². The Morgan fingerprint density at radius 1 is 1.04 bits per heavy atom. The summed E-state index contributed by atoms with van der Waals surface area (Å²) in [7, 11) is 0. The van der Waals surface area contributed by atoms with E-state index in [9.17, 15) is 8.78 Å². The van der Waals surface area contributed by atoms with Crippen LogP contribution >= 0.6 is 0 Å².